The van der Waals surface area contributed by atoms with E-state index in [1.807, 2.05) is 13.8 Å². The Balaban J connectivity index is 2.31. The Labute approximate surface area is 75.4 Å². The lowest BCUT2D eigenvalue weighted by molar-refractivity contribution is -0.0904. The van der Waals surface area contributed by atoms with Crippen LogP contribution in [0.5, 0.6) is 0 Å². The number of aliphatic hydroxyl groups excluding tert-OH is 1. The number of hydrogen-bond acceptors (Lipinski definition) is 3. The highest BCUT2D eigenvalue weighted by molar-refractivity contribution is 5.00. The normalized spacial score (nSPS) is 31.3. The molecular weight excluding hydrogens is 170 g/mol. The van der Waals surface area contributed by atoms with Crippen molar-refractivity contribution in [1.29, 1.82) is 0 Å². The highest BCUT2D eigenvalue weighted by atomic mass is 16.3. The second-order valence-corrected chi connectivity index (χ2v) is 4.16. The van der Waals surface area contributed by atoms with E-state index in [1.165, 1.54) is 6.33 Å². The number of aromatic amines is 1. The molecule has 0 saturated heterocycles. The molecule has 0 aliphatic heterocycles. The molecule has 1 aliphatic carbocycles. The first-order valence-corrected chi connectivity index (χ1v) is 4.33. The van der Waals surface area contributed by atoms with E-state index in [-0.39, 0.29) is 23.3 Å². The van der Waals surface area contributed by atoms with E-state index in [9.17, 15) is 9.90 Å². The summed E-state index contributed by atoms with van der Waals surface area (Å²) in [5, 5.41) is 15.5. The van der Waals surface area contributed by atoms with Crippen LogP contribution in [-0.2, 0) is 0 Å². The van der Waals surface area contributed by atoms with Crippen molar-refractivity contribution in [2.75, 3.05) is 0 Å². The molecule has 2 unspecified atom stereocenters. The Hall–Kier alpha value is -1.10. The van der Waals surface area contributed by atoms with Gasteiger partial charge in [0.25, 0.3) is 0 Å². The maximum atomic E-state index is 11.2. The predicted molar refractivity (Wildman–Crippen MR) is 46.3 cm³/mol. The van der Waals surface area contributed by atoms with E-state index >= 15 is 0 Å². The molecular formula is C8H13N3O2. The van der Waals surface area contributed by atoms with Gasteiger partial charge in [0.2, 0.25) is 0 Å². The van der Waals surface area contributed by atoms with Gasteiger partial charge in [-0.25, -0.2) is 9.89 Å². The van der Waals surface area contributed by atoms with E-state index < -0.39 is 0 Å². The first-order valence-electron chi connectivity index (χ1n) is 4.33. The van der Waals surface area contributed by atoms with Crippen LogP contribution >= 0.6 is 0 Å². The fourth-order valence-corrected chi connectivity index (χ4v) is 1.83. The summed E-state index contributed by atoms with van der Waals surface area (Å²) in [6, 6.07) is 0.0637. The Morgan fingerprint density at radius 2 is 2.46 bits per heavy atom. The molecule has 13 heavy (non-hydrogen) atoms. The standard InChI is InChI=1S/C8H13N3O2/c1-8(2)5(3-6(8)12)11-4-9-10-7(11)13/h4-6,12H,3H2,1-2H3,(H,10,13). The van der Waals surface area contributed by atoms with Gasteiger partial charge in [0.1, 0.15) is 6.33 Å². The maximum absolute atomic E-state index is 11.2. The van der Waals surface area contributed by atoms with E-state index in [1.54, 1.807) is 4.57 Å². The summed E-state index contributed by atoms with van der Waals surface area (Å²) < 4.78 is 1.55. The summed E-state index contributed by atoms with van der Waals surface area (Å²) in [7, 11) is 0. The molecule has 0 spiro atoms. The molecule has 5 nitrogen and oxygen atoms in total. The molecule has 1 saturated carbocycles. The van der Waals surface area contributed by atoms with Crippen molar-refractivity contribution < 1.29 is 5.11 Å². The van der Waals surface area contributed by atoms with Crippen LogP contribution in [0.25, 0.3) is 0 Å². The number of rotatable bonds is 1. The first kappa shape index (κ1) is 8.50. The third-order valence-corrected chi connectivity index (χ3v) is 3.08. The summed E-state index contributed by atoms with van der Waals surface area (Å²) >= 11 is 0. The molecule has 2 N–H and O–H groups in total. The molecule has 2 atom stereocenters. The summed E-state index contributed by atoms with van der Waals surface area (Å²) in [5.74, 6) is 0. The number of aromatic nitrogens is 3. The Morgan fingerprint density at radius 1 is 1.77 bits per heavy atom. The van der Waals surface area contributed by atoms with Crippen LogP contribution in [0.1, 0.15) is 26.3 Å². The fourth-order valence-electron chi connectivity index (χ4n) is 1.83. The molecule has 0 aromatic carbocycles. The van der Waals surface area contributed by atoms with Crippen LogP contribution in [0, 0.1) is 5.41 Å². The van der Waals surface area contributed by atoms with Gasteiger partial charge in [0, 0.05) is 11.5 Å². The molecule has 1 aliphatic rings. The lowest BCUT2D eigenvalue weighted by atomic mass is 9.64. The molecule has 0 amide bonds. The van der Waals surface area contributed by atoms with Gasteiger partial charge < -0.3 is 5.11 Å². The van der Waals surface area contributed by atoms with Crippen molar-refractivity contribution in [2.45, 2.75) is 32.4 Å². The Bertz CT molecular complexity index is 365. The van der Waals surface area contributed by atoms with Crippen molar-refractivity contribution >= 4 is 0 Å². The van der Waals surface area contributed by atoms with E-state index in [0.717, 1.165) is 0 Å². The van der Waals surface area contributed by atoms with Gasteiger partial charge in [-0.2, -0.15) is 5.10 Å². The number of hydrogen-bond donors (Lipinski definition) is 2. The average molecular weight is 183 g/mol. The topological polar surface area (TPSA) is 70.9 Å². The predicted octanol–water partition coefficient (Wildman–Crippen LogP) is -0.0967. The van der Waals surface area contributed by atoms with Crippen LogP contribution in [0.15, 0.2) is 11.1 Å². The zero-order valence-corrected chi connectivity index (χ0v) is 7.69. The Morgan fingerprint density at radius 3 is 2.85 bits per heavy atom. The largest absolute Gasteiger partial charge is 0.392 e. The Kier molecular flexibility index (Phi) is 1.60. The van der Waals surface area contributed by atoms with Crippen molar-refractivity contribution in [3.8, 4) is 0 Å². The number of nitrogens with zero attached hydrogens (tertiary/aromatic N) is 2. The lowest BCUT2D eigenvalue weighted by Gasteiger charge is -2.49. The van der Waals surface area contributed by atoms with Crippen LogP contribution in [-0.4, -0.2) is 26.0 Å². The molecule has 0 bridgehead atoms. The van der Waals surface area contributed by atoms with Gasteiger partial charge in [0.15, 0.2) is 0 Å². The summed E-state index contributed by atoms with van der Waals surface area (Å²) in [6.07, 6.45) is 1.80. The molecule has 5 heteroatoms. The second kappa shape index (κ2) is 2.45. The van der Waals surface area contributed by atoms with Gasteiger partial charge in [-0.15, -0.1) is 0 Å². The second-order valence-electron chi connectivity index (χ2n) is 4.16. The average Bonchev–Trinajstić information content (AvgIpc) is 2.47. The molecule has 1 aromatic heterocycles. The fraction of sp³-hybridized carbons (Fsp3) is 0.750. The maximum Gasteiger partial charge on any atom is 0.343 e. The number of H-pyrrole nitrogens is 1. The van der Waals surface area contributed by atoms with E-state index in [2.05, 4.69) is 10.2 Å². The van der Waals surface area contributed by atoms with Gasteiger partial charge in [0.05, 0.1) is 6.10 Å². The number of aliphatic hydroxyl groups is 1. The molecule has 72 valence electrons. The minimum Gasteiger partial charge on any atom is -0.392 e. The van der Waals surface area contributed by atoms with Crippen molar-refractivity contribution in [3.63, 3.8) is 0 Å². The van der Waals surface area contributed by atoms with Crippen LogP contribution < -0.4 is 5.69 Å². The minimum absolute atomic E-state index is 0.0637. The smallest absolute Gasteiger partial charge is 0.343 e. The zero-order chi connectivity index (χ0) is 9.64. The SMILES string of the molecule is CC1(C)C(O)CC1n1cn[nH]c1=O. The van der Waals surface area contributed by atoms with Crippen molar-refractivity contribution in [3.05, 3.63) is 16.8 Å². The summed E-state index contributed by atoms with van der Waals surface area (Å²) in [6.45, 7) is 3.90. The van der Waals surface area contributed by atoms with Gasteiger partial charge >= 0.3 is 5.69 Å². The molecule has 1 fully saturated rings. The quantitative estimate of drug-likeness (QED) is 0.638. The van der Waals surface area contributed by atoms with Crippen molar-refractivity contribution in [1.82, 2.24) is 14.8 Å². The monoisotopic (exact) mass is 183 g/mol. The summed E-state index contributed by atoms with van der Waals surface area (Å²) in [5.41, 5.74) is -0.432. The van der Waals surface area contributed by atoms with E-state index in [0.29, 0.717) is 6.42 Å². The summed E-state index contributed by atoms with van der Waals surface area (Å²) in [4.78, 5) is 11.2. The van der Waals surface area contributed by atoms with E-state index in [4.69, 9.17) is 0 Å². The third-order valence-electron chi connectivity index (χ3n) is 3.08. The van der Waals surface area contributed by atoms with Gasteiger partial charge in [-0.05, 0) is 6.42 Å². The zero-order valence-electron chi connectivity index (χ0n) is 7.69. The van der Waals surface area contributed by atoms with Gasteiger partial charge in [-0.3, -0.25) is 4.57 Å². The van der Waals surface area contributed by atoms with Gasteiger partial charge in [-0.1, -0.05) is 13.8 Å². The lowest BCUT2D eigenvalue weighted by Crippen LogP contribution is -2.51. The highest BCUT2D eigenvalue weighted by Crippen LogP contribution is 2.48. The third kappa shape index (κ3) is 1.03. The molecule has 1 heterocycles. The van der Waals surface area contributed by atoms with Crippen LogP contribution in [0.2, 0.25) is 0 Å². The molecule has 2 rings (SSSR count). The van der Waals surface area contributed by atoms with Crippen LogP contribution in [0.3, 0.4) is 0 Å². The molecule has 0 radical (unpaired) electrons. The van der Waals surface area contributed by atoms with Crippen molar-refractivity contribution in [2.24, 2.45) is 5.41 Å². The molecule has 1 aromatic rings. The van der Waals surface area contributed by atoms with Crippen LogP contribution in [0.4, 0.5) is 0 Å². The minimum atomic E-state index is -0.320. The highest BCUT2D eigenvalue weighted by Gasteiger charge is 2.48. The first-order chi connectivity index (χ1) is 6.03. The number of nitrogens with one attached hydrogen (secondary N) is 1.